The van der Waals surface area contributed by atoms with Gasteiger partial charge in [-0.05, 0) is 72.5 Å². The molecule has 0 unspecified atom stereocenters. The first-order chi connectivity index (χ1) is 18.8. The van der Waals surface area contributed by atoms with Gasteiger partial charge in [0.1, 0.15) is 5.82 Å². The molecule has 1 aliphatic rings. The second-order valence-corrected chi connectivity index (χ2v) is 10.0. The Morgan fingerprint density at radius 3 is 2.21 bits per heavy atom. The minimum Gasteiger partial charge on any atom is -0.393 e. The Hall–Kier alpha value is -4.30. The van der Waals surface area contributed by atoms with Crippen LogP contribution in [0.25, 0.3) is 0 Å². The van der Waals surface area contributed by atoms with Gasteiger partial charge in [-0.15, -0.1) is 0 Å². The molecule has 3 aromatic carbocycles. The SMILES string of the molecule is Cn1cc(C(=O)Cc2ccc(Nc3ccc(CC(=O)c4ccc(N5CCC(O)CC5)cc4)cc3)c(F)c2)cn1. The fourth-order valence-electron chi connectivity index (χ4n) is 4.75. The third-order valence-electron chi connectivity index (χ3n) is 7.04. The molecule has 2 N–H and O–H groups in total. The molecule has 39 heavy (non-hydrogen) atoms. The molecule has 1 aromatic heterocycles. The van der Waals surface area contributed by atoms with Gasteiger partial charge in [-0.3, -0.25) is 14.3 Å². The number of halogens is 1. The predicted molar refractivity (Wildman–Crippen MR) is 149 cm³/mol. The first-order valence-electron chi connectivity index (χ1n) is 13.1. The monoisotopic (exact) mass is 526 g/mol. The molecule has 0 radical (unpaired) electrons. The van der Waals surface area contributed by atoms with Gasteiger partial charge in [0.25, 0.3) is 0 Å². The van der Waals surface area contributed by atoms with Crippen LogP contribution in [-0.2, 0) is 19.9 Å². The number of aryl methyl sites for hydroxylation is 1. The lowest BCUT2D eigenvalue weighted by molar-refractivity contribution is 0.0984. The summed E-state index contributed by atoms with van der Waals surface area (Å²) < 4.78 is 16.3. The molecule has 7 nitrogen and oxygen atoms in total. The van der Waals surface area contributed by atoms with Crippen LogP contribution in [0.3, 0.4) is 0 Å². The number of hydrogen-bond donors (Lipinski definition) is 2. The number of Topliss-reactive ketones (excluding diaryl/α,β-unsaturated/α-hetero) is 2. The highest BCUT2D eigenvalue weighted by Crippen LogP contribution is 2.24. The van der Waals surface area contributed by atoms with Gasteiger partial charge in [-0.1, -0.05) is 18.2 Å². The van der Waals surface area contributed by atoms with Crippen LogP contribution < -0.4 is 10.2 Å². The van der Waals surface area contributed by atoms with Crippen molar-refractivity contribution in [3.8, 4) is 0 Å². The Kier molecular flexibility index (Phi) is 7.84. The number of aliphatic hydroxyl groups excluding tert-OH is 1. The number of carbonyl (C=O) groups excluding carboxylic acids is 2. The van der Waals surface area contributed by atoms with E-state index in [2.05, 4.69) is 15.3 Å². The van der Waals surface area contributed by atoms with E-state index in [1.54, 1.807) is 30.1 Å². The molecule has 1 saturated heterocycles. The maximum Gasteiger partial charge on any atom is 0.170 e. The second kappa shape index (κ2) is 11.6. The zero-order chi connectivity index (χ0) is 27.4. The molecule has 0 spiro atoms. The smallest absolute Gasteiger partial charge is 0.170 e. The minimum atomic E-state index is -0.449. The van der Waals surface area contributed by atoms with Crippen LogP contribution in [-0.4, -0.2) is 45.6 Å². The van der Waals surface area contributed by atoms with Crippen molar-refractivity contribution in [2.75, 3.05) is 23.3 Å². The molecule has 8 heteroatoms. The summed E-state index contributed by atoms with van der Waals surface area (Å²) in [5.74, 6) is -0.541. The number of anilines is 3. The largest absolute Gasteiger partial charge is 0.393 e. The van der Waals surface area contributed by atoms with Crippen LogP contribution in [0.1, 0.15) is 44.7 Å². The van der Waals surface area contributed by atoms with Gasteiger partial charge in [0.05, 0.1) is 23.6 Å². The standard InChI is InChI=1S/C31H31FN4O3/c1-35-20-24(19-33-35)31(39)18-22-4-11-29(28(32)16-22)34-25-7-2-21(3-8-25)17-30(38)23-5-9-26(10-6-23)36-14-12-27(37)13-15-36/h2-11,16,19-20,27,34,37H,12-15,17-18H2,1H3. The number of aromatic nitrogens is 2. The predicted octanol–water partition coefficient (Wildman–Crippen LogP) is 5.11. The molecular weight excluding hydrogens is 495 g/mol. The third kappa shape index (κ3) is 6.59. The highest BCUT2D eigenvalue weighted by atomic mass is 19.1. The molecule has 1 aliphatic heterocycles. The first kappa shape index (κ1) is 26.3. The number of benzene rings is 3. The number of piperidine rings is 1. The lowest BCUT2D eigenvalue weighted by Crippen LogP contribution is -2.35. The fourth-order valence-corrected chi connectivity index (χ4v) is 4.75. The molecule has 0 atom stereocenters. The quantitative estimate of drug-likeness (QED) is 0.295. The summed E-state index contributed by atoms with van der Waals surface area (Å²) in [6, 6.07) is 19.7. The van der Waals surface area contributed by atoms with E-state index in [9.17, 15) is 19.1 Å². The zero-order valence-corrected chi connectivity index (χ0v) is 21.8. The Labute approximate surface area is 226 Å². The Bertz CT molecular complexity index is 1460. The lowest BCUT2D eigenvalue weighted by atomic mass is 10.0. The summed E-state index contributed by atoms with van der Waals surface area (Å²) in [6.45, 7) is 1.63. The summed E-state index contributed by atoms with van der Waals surface area (Å²) in [5.41, 5.74) is 4.67. The second-order valence-electron chi connectivity index (χ2n) is 10.0. The van der Waals surface area contributed by atoms with E-state index in [1.165, 1.54) is 12.3 Å². The van der Waals surface area contributed by atoms with Crippen molar-refractivity contribution in [1.82, 2.24) is 9.78 Å². The molecule has 1 fully saturated rings. The van der Waals surface area contributed by atoms with Crippen LogP contribution in [0.2, 0.25) is 0 Å². The van der Waals surface area contributed by atoms with E-state index in [0.29, 0.717) is 28.1 Å². The van der Waals surface area contributed by atoms with Gasteiger partial charge in [-0.25, -0.2) is 4.39 Å². The van der Waals surface area contributed by atoms with E-state index in [4.69, 9.17) is 0 Å². The summed E-state index contributed by atoms with van der Waals surface area (Å²) in [7, 11) is 1.74. The number of rotatable bonds is 9. The first-order valence-corrected chi connectivity index (χ1v) is 13.1. The summed E-state index contributed by atoms with van der Waals surface area (Å²) in [4.78, 5) is 27.4. The van der Waals surface area contributed by atoms with Crippen LogP contribution in [0, 0.1) is 5.82 Å². The third-order valence-corrected chi connectivity index (χ3v) is 7.04. The molecule has 0 saturated carbocycles. The van der Waals surface area contributed by atoms with E-state index in [0.717, 1.165) is 37.2 Å². The molecule has 4 aromatic rings. The van der Waals surface area contributed by atoms with Crippen LogP contribution >= 0.6 is 0 Å². The van der Waals surface area contributed by atoms with Crippen LogP contribution in [0.5, 0.6) is 0 Å². The van der Waals surface area contributed by atoms with Crippen LogP contribution in [0.4, 0.5) is 21.5 Å². The maximum atomic E-state index is 14.7. The molecular formula is C31H31FN4O3. The average Bonchev–Trinajstić information content (AvgIpc) is 3.38. The van der Waals surface area contributed by atoms with E-state index in [-0.39, 0.29) is 30.5 Å². The number of ketones is 2. The van der Waals surface area contributed by atoms with Crippen molar-refractivity contribution in [2.45, 2.75) is 31.8 Å². The number of aliphatic hydroxyl groups is 1. The Balaban J connectivity index is 1.16. The number of nitrogens with one attached hydrogen (secondary N) is 1. The Morgan fingerprint density at radius 1 is 0.923 bits per heavy atom. The van der Waals surface area contributed by atoms with Crippen molar-refractivity contribution >= 4 is 28.6 Å². The van der Waals surface area contributed by atoms with Crippen molar-refractivity contribution in [3.63, 3.8) is 0 Å². The highest BCUT2D eigenvalue weighted by Gasteiger charge is 2.18. The molecule has 2 heterocycles. The summed E-state index contributed by atoms with van der Waals surface area (Å²) in [6.07, 6.45) is 4.81. The molecule has 5 rings (SSSR count). The van der Waals surface area contributed by atoms with Gasteiger partial charge in [-0.2, -0.15) is 5.10 Å². The van der Waals surface area contributed by atoms with E-state index in [1.807, 2.05) is 48.5 Å². The minimum absolute atomic E-state index is 0.0267. The number of nitrogens with zero attached hydrogens (tertiary/aromatic N) is 3. The number of hydrogen-bond acceptors (Lipinski definition) is 6. The average molecular weight is 527 g/mol. The molecule has 0 bridgehead atoms. The number of carbonyl (C=O) groups is 2. The lowest BCUT2D eigenvalue weighted by Gasteiger charge is -2.31. The van der Waals surface area contributed by atoms with E-state index < -0.39 is 5.82 Å². The summed E-state index contributed by atoms with van der Waals surface area (Å²) >= 11 is 0. The van der Waals surface area contributed by atoms with Crippen molar-refractivity contribution in [3.05, 3.63) is 107 Å². The summed E-state index contributed by atoms with van der Waals surface area (Å²) in [5, 5.41) is 16.8. The maximum absolute atomic E-state index is 14.7. The topological polar surface area (TPSA) is 87.5 Å². The normalized spacial score (nSPS) is 13.9. The van der Waals surface area contributed by atoms with Gasteiger partial charge in [0.15, 0.2) is 11.6 Å². The van der Waals surface area contributed by atoms with Crippen molar-refractivity contribution in [2.24, 2.45) is 7.05 Å². The van der Waals surface area contributed by atoms with Gasteiger partial charge in [0.2, 0.25) is 0 Å². The van der Waals surface area contributed by atoms with Gasteiger partial charge in [0, 0.05) is 56.1 Å². The van der Waals surface area contributed by atoms with Crippen molar-refractivity contribution in [1.29, 1.82) is 0 Å². The van der Waals surface area contributed by atoms with E-state index >= 15 is 0 Å². The van der Waals surface area contributed by atoms with Crippen LogP contribution in [0.15, 0.2) is 79.1 Å². The molecule has 200 valence electrons. The van der Waals surface area contributed by atoms with Crippen molar-refractivity contribution < 1.29 is 19.1 Å². The zero-order valence-electron chi connectivity index (χ0n) is 21.8. The van der Waals surface area contributed by atoms with Gasteiger partial charge < -0.3 is 15.3 Å². The Morgan fingerprint density at radius 2 is 1.56 bits per heavy atom. The highest BCUT2D eigenvalue weighted by molar-refractivity contribution is 5.98. The molecule has 0 aliphatic carbocycles. The fraction of sp³-hybridized carbons (Fsp3) is 0.258. The van der Waals surface area contributed by atoms with Gasteiger partial charge >= 0.3 is 0 Å². The molecule has 0 amide bonds.